The minimum absolute atomic E-state index is 1.08. The molecule has 0 unspecified atom stereocenters. The fourth-order valence-electron chi connectivity index (χ4n) is 1.45. The van der Waals surface area contributed by atoms with Crippen molar-refractivity contribution in [3.8, 4) is 0 Å². The van der Waals surface area contributed by atoms with Crippen LogP contribution in [-0.2, 0) is 0 Å². The number of thiophene rings is 1. The van der Waals surface area contributed by atoms with Gasteiger partial charge in [-0.15, -0.1) is 11.3 Å². The third-order valence-electron chi connectivity index (χ3n) is 2.06. The van der Waals surface area contributed by atoms with Crippen LogP contribution < -0.4 is 0 Å². The molecule has 0 aliphatic rings. The van der Waals surface area contributed by atoms with Gasteiger partial charge in [-0.3, -0.25) is 0 Å². The van der Waals surface area contributed by atoms with E-state index in [-0.39, 0.29) is 0 Å². The Balaban J connectivity index is 2.78. The largest absolute Gasteiger partial charge is 0.245 e. The second kappa shape index (κ2) is 3.76. The highest BCUT2D eigenvalue weighted by Gasteiger charge is 2.06. The van der Waals surface area contributed by atoms with Gasteiger partial charge >= 0.3 is 0 Å². The molecule has 0 radical (unpaired) electrons. The van der Waals surface area contributed by atoms with Gasteiger partial charge in [0.05, 0.1) is 0 Å². The summed E-state index contributed by atoms with van der Waals surface area (Å²) in [7, 11) is 0. The molecule has 1 nitrogen and oxygen atoms in total. The van der Waals surface area contributed by atoms with Crippen molar-refractivity contribution in [2.24, 2.45) is 0 Å². The number of hydrogen-bond donors (Lipinski definition) is 0. The first-order valence-electron chi connectivity index (χ1n) is 4.49. The Bertz CT molecular complexity index is 494. The van der Waals surface area contributed by atoms with Crippen molar-refractivity contribution >= 4 is 33.7 Å². The minimum Gasteiger partial charge on any atom is -0.245 e. The highest BCUT2D eigenvalue weighted by molar-refractivity contribution is 7.19. The predicted molar refractivity (Wildman–Crippen MR) is 64.4 cm³/mol. The van der Waals surface area contributed by atoms with E-state index in [4.69, 9.17) is 0 Å². The lowest BCUT2D eigenvalue weighted by Gasteiger charge is -1.91. The number of aromatic nitrogens is 1. The molecule has 0 saturated carbocycles. The molecule has 2 aromatic rings. The first kappa shape index (κ1) is 9.16. The lowest BCUT2D eigenvalue weighted by Crippen LogP contribution is -1.72. The SMILES string of the molecule is C=Cc1c(/C=C\C)sc2ncccc12. The molecule has 70 valence electrons. The van der Waals surface area contributed by atoms with Crippen LogP contribution in [-0.4, -0.2) is 4.98 Å². The van der Waals surface area contributed by atoms with Gasteiger partial charge < -0.3 is 0 Å². The standard InChI is InChI=1S/C12H11NS/c1-3-6-11-9(4-2)10-7-5-8-13-12(10)14-11/h3-8H,2H2,1H3/b6-3-. The maximum atomic E-state index is 4.33. The van der Waals surface area contributed by atoms with Gasteiger partial charge in [-0.25, -0.2) is 4.98 Å². The first-order valence-corrected chi connectivity index (χ1v) is 5.31. The molecule has 14 heavy (non-hydrogen) atoms. The molecule has 0 fully saturated rings. The van der Waals surface area contributed by atoms with E-state index in [9.17, 15) is 0 Å². The summed E-state index contributed by atoms with van der Waals surface area (Å²) in [5.74, 6) is 0. The molecule has 0 amide bonds. The Morgan fingerprint density at radius 2 is 2.36 bits per heavy atom. The summed E-state index contributed by atoms with van der Waals surface area (Å²) in [6, 6.07) is 4.05. The summed E-state index contributed by atoms with van der Waals surface area (Å²) in [4.78, 5) is 6.64. The number of nitrogens with zero attached hydrogens (tertiary/aromatic N) is 1. The molecule has 0 aromatic carbocycles. The molecule has 2 heteroatoms. The Kier molecular flexibility index (Phi) is 2.46. The van der Waals surface area contributed by atoms with Crippen LogP contribution >= 0.6 is 11.3 Å². The quantitative estimate of drug-likeness (QED) is 0.716. The lowest BCUT2D eigenvalue weighted by molar-refractivity contribution is 1.45. The van der Waals surface area contributed by atoms with Crippen molar-refractivity contribution < 1.29 is 0 Å². The molecule has 0 N–H and O–H groups in total. The molecule has 0 bridgehead atoms. The fourth-order valence-corrected chi connectivity index (χ4v) is 2.57. The topological polar surface area (TPSA) is 12.9 Å². The van der Waals surface area contributed by atoms with E-state index >= 15 is 0 Å². The Labute approximate surface area is 87.4 Å². The first-order chi connectivity index (χ1) is 6.86. The highest BCUT2D eigenvalue weighted by atomic mass is 32.1. The smallest absolute Gasteiger partial charge is 0.124 e. The zero-order chi connectivity index (χ0) is 9.97. The van der Waals surface area contributed by atoms with Crippen LogP contribution in [0.15, 0.2) is 31.0 Å². The van der Waals surface area contributed by atoms with Gasteiger partial charge in [0.25, 0.3) is 0 Å². The number of hydrogen-bond acceptors (Lipinski definition) is 2. The van der Waals surface area contributed by atoms with Crippen LogP contribution in [0, 0.1) is 0 Å². The van der Waals surface area contributed by atoms with E-state index in [1.807, 2.05) is 31.3 Å². The zero-order valence-corrected chi connectivity index (χ0v) is 8.84. The van der Waals surface area contributed by atoms with Crippen molar-refractivity contribution in [3.05, 3.63) is 41.4 Å². The second-order valence-corrected chi connectivity index (χ2v) is 3.97. The van der Waals surface area contributed by atoms with Gasteiger partial charge in [0, 0.05) is 22.0 Å². The van der Waals surface area contributed by atoms with Gasteiger partial charge in [-0.2, -0.15) is 0 Å². The molecule has 0 aliphatic heterocycles. The van der Waals surface area contributed by atoms with Crippen molar-refractivity contribution in [1.82, 2.24) is 4.98 Å². The minimum atomic E-state index is 1.08. The van der Waals surface area contributed by atoms with Crippen molar-refractivity contribution in [1.29, 1.82) is 0 Å². The van der Waals surface area contributed by atoms with Crippen molar-refractivity contribution in [2.45, 2.75) is 6.92 Å². The van der Waals surface area contributed by atoms with Crippen LogP contribution in [0.4, 0.5) is 0 Å². The Morgan fingerprint density at radius 3 is 3.07 bits per heavy atom. The maximum Gasteiger partial charge on any atom is 0.124 e. The highest BCUT2D eigenvalue weighted by Crippen LogP contribution is 2.31. The lowest BCUT2D eigenvalue weighted by atomic mass is 10.1. The van der Waals surface area contributed by atoms with Gasteiger partial charge in [0.2, 0.25) is 0 Å². The van der Waals surface area contributed by atoms with Crippen LogP contribution in [0.3, 0.4) is 0 Å². The molecule has 2 rings (SSSR count). The van der Waals surface area contributed by atoms with E-state index in [0.29, 0.717) is 0 Å². The van der Waals surface area contributed by atoms with Gasteiger partial charge in [-0.05, 0) is 25.1 Å². The monoisotopic (exact) mass is 201 g/mol. The third kappa shape index (κ3) is 1.38. The number of fused-ring (bicyclic) bond motifs is 1. The van der Waals surface area contributed by atoms with Crippen LogP contribution in [0.2, 0.25) is 0 Å². The van der Waals surface area contributed by atoms with E-state index in [0.717, 1.165) is 4.83 Å². The number of allylic oxidation sites excluding steroid dienone is 1. The van der Waals surface area contributed by atoms with E-state index in [2.05, 4.69) is 23.7 Å². The van der Waals surface area contributed by atoms with E-state index in [1.54, 1.807) is 11.3 Å². The normalized spacial score (nSPS) is 11.2. The maximum absolute atomic E-state index is 4.33. The van der Waals surface area contributed by atoms with Gasteiger partial charge in [0.15, 0.2) is 0 Å². The summed E-state index contributed by atoms with van der Waals surface area (Å²) in [5, 5.41) is 1.20. The number of pyridine rings is 1. The fraction of sp³-hybridized carbons (Fsp3) is 0.0833. The number of rotatable bonds is 2. The molecule has 0 saturated heterocycles. The average molecular weight is 201 g/mol. The van der Waals surface area contributed by atoms with Gasteiger partial charge in [0.1, 0.15) is 4.83 Å². The van der Waals surface area contributed by atoms with Crippen molar-refractivity contribution in [2.75, 3.05) is 0 Å². The summed E-state index contributed by atoms with van der Waals surface area (Å²) < 4.78 is 0. The zero-order valence-electron chi connectivity index (χ0n) is 8.03. The molecule has 0 atom stereocenters. The second-order valence-electron chi connectivity index (χ2n) is 2.94. The Hall–Kier alpha value is -1.41. The Morgan fingerprint density at radius 1 is 1.50 bits per heavy atom. The summed E-state index contributed by atoms with van der Waals surface area (Å²) in [6.07, 6.45) is 7.86. The molecular formula is C12H11NS. The summed E-state index contributed by atoms with van der Waals surface area (Å²) in [6.45, 7) is 5.86. The molecule has 0 aliphatic carbocycles. The average Bonchev–Trinajstić information content (AvgIpc) is 2.55. The molecule has 0 spiro atoms. The summed E-state index contributed by atoms with van der Waals surface area (Å²) in [5.41, 5.74) is 1.19. The van der Waals surface area contributed by atoms with Gasteiger partial charge in [-0.1, -0.05) is 18.7 Å². The summed E-state index contributed by atoms with van der Waals surface area (Å²) >= 11 is 1.70. The molecule has 2 heterocycles. The van der Waals surface area contributed by atoms with E-state index < -0.39 is 0 Å². The van der Waals surface area contributed by atoms with Crippen LogP contribution in [0.1, 0.15) is 17.4 Å². The molecule has 2 aromatic heterocycles. The van der Waals surface area contributed by atoms with Crippen molar-refractivity contribution in [3.63, 3.8) is 0 Å². The van der Waals surface area contributed by atoms with Crippen LogP contribution in [0.5, 0.6) is 0 Å². The van der Waals surface area contributed by atoms with E-state index in [1.165, 1.54) is 15.8 Å². The van der Waals surface area contributed by atoms with Crippen LogP contribution in [0.25, 0.3) is 22.4 Å². The predicted octanol–water partition coefficient (Wildman–Crippen LogP) is 3.97. The molecular weight excluding hydrogens is 190 g/mol. The third-order valence-corrected chi connectivity index (χ3v) is 3.15.